The van der Waals surface area contributed by atoms with Crippen molar-refractivity contribution < 1.29 is 39.9 Å². The van der Waals surface area contributed by atoms with Crippen LogP contribution in [0.4, 0.5) is 26.3 Å². The summed E-state index contributed by atoms with van der Waals surface area (Å²) in [5.74, 6) is 0. The molecule has 0 aliphatic carbocycles. The lowest BCUT2D eigenvalue weighted by Gasteiger charge is -2.26. The van der Waals surface area contributed by atoms with Gasteiger partial charge in [0.1, 0.15) is 0 Å². The number of rotatable bonds is 7. The predicted molar refractivity (Wildman–Crippen MR) is 85.8 cm³/mol. The van der Waals surface area contributed by atoms with Crippen molar-refractivity contribution in [2.75, 3.05) is 19.8 Å². The van der Waals surface area contributed by atoms with Crippen molar-refractivity contribution in [2.45, 2.75) is 12.4 Å². The van der Waals surface area contributed by atoms with Crippen LogP contribution < -0.4 is 0 Å². The maximum atomic E-state index is 12.3. The van der Waals surface area contributed by atoms with Crippen molar-refractivity contribution >= 4 is 54.1 Å². The molecule has 18 heteroatoms. The molecule has 1 aliphatic heterocycles. The normalized spacial score (nSPS) is 33.2. The summed E-state index contributed by atoms with van der Waals surface area (Å²) in [5, 5.41) is 0. The second-order valence-corrected chi connectivity index (χ2v) is 13.8. The Morgan fingerprint density at radius 3 is 1.36 bits per heavy atom. The molecule has 6 nitrogen and oxygen atoms in total. The minimum absolute atomic E-state index is 0.281. The third-order valence-corrected chi connectivity index (χ3v) is 13.0. The van der Waals surface area contributed by atoms with E-state index in [1.54, 1.807) is 0 Å². The van der Waals surface area contributed by atoms with Crippen LogP contribution in [0.2, 0.25) is 0 Å². The number of halogens is 9. The van der Waals surface area contributed by atoms with Gasteiger partial charge in [0.2, 0.25) is 0 Å². The number of hydrogen-bond donors (Lipinski definition) is 0. The van der Waals surface area contributed by atoms with E-state index in [4.69, 9.17) is 38.2 Å². The van der Waals surface area contributed by atoms with E-state index in [0.717, 1.165) is 0 Å². The fourth-order valence-corrected chi connectivity index (χ4v) is 14.2. The Bertz CT molecular complexity index is 658. The van der Waals surface area contributed by atoms with Crippen LogP contribution in [0.3, 0.4) is 0 Å². The summed E-state index contributed by atoms with van der Waals surface area (Å²) >= 11 is 17.5. The molecular formula is C7H9Cl3F6N3O3P3. The summed E-state index contributed by atoms with van der Waals surface area (Å²) in [6.45, 7) is -13.1. The summed E-state index contributed by atoms with van der Waals surface area (Å²) in [4.78, 5) is 0. The summed E-state index contributed by atoms with van der Waals surface area (Å²) in [7, 11) is 0. The van der Waals surface area contributed by atoms with E-state index in [-0.39, 0.29) is 6.61 Å². The third kappa shape index (κ3) is 9.00. The topological polar surface area (TPSA) is 64.8 Å². The Morgan fingerprint density at radius 2 is 1.08 bits per heavy atom. The summed E-state index contributed by atoms with van der Waals surface area (Å²) < 4.78 is 98.2. The van der Waals surface area contributed by atoms with Gasteiger partial charge in [0, 0.05) is 0 Å². The quantitative estimate of drug-likeness (QED) is 0.204. The summed E-state index contributed by atoms with van der Waals surface area (Å²) in [5.41, 5.74) is 0. The zero-order chi connectivity index (χ0) is 19.6. The lowest BCUT2D eigenvalue weighted by molar-refractivity contribution is -0.152. The molecule has 1 rings (SSSR count). The number of alkyl halides is 6. The van der Waals surface area contributed by atoms with Gasteiger partial charge < -0.3 is 13.6 Å². The van der Waals surface area contributed by atoms with Gasteiger partial charge in [-0.2, -0.15) is 39.9 Å². The van der Waals surface area contributed by atoms with Gasteiger partial charge in [-0.15, -0.1) is 6.58 Å². The first-order chi connectivity index (χ1) is 11.1. The molecule has 0 bridgehead atoms. The molecule has 0 aromatic heterocycles. The molecule has 1 heterocycles. The van der Waals surface area contributed by atoms with Gasteiger partial charge in [0.05, 0.1) is 6.61 Å². The van der Waals surface area contributed by atoms with E-state index in [1.165, 1.54) is 6.08 Å². The lowest BCUT2D eigenvalue weighted by atomic mass is 10.7. The Kier molecular flexibility index (Phi) is 8.01. The van der Waals surface area contributed by atoms with Gasteiger partial charge in [-0.3, -0.25) is 0 Å². The molecule has 0 spiro atoms. The first kappa shape index (κ1) is 23.8. The first-order valence-corrected chi connectivity index (χ1v) is 13.3. The van der Waals surface area contributed by atoms with Crippen LogP contribution in [0.5, 0.6) is 0 Å². The zero-order valence-corrected chi connectivity index (χ0v) is 16.7. The monoisotopic (exact) mass is 495 g/mol. The van der Waals surface area contributed by atoms with Gasteiger partial charge in [0.15, 0.2) is 13.2 Å². The van der Waals surface area contributed by atoms with Gasteiger partial charge in [-0.25, -0.2) is 0 Å². The maximum Gasteiger partial charge on any atom is 0.412 e. The van der Waals surface area contributed by atoms with E-state index in [9.17, 15) is 26.3 Å². The zero-order valence-electron chi connectivity index (χ0n) is 11.7. The molecule has 0 amide bonds. The third-order valence-electron chi connectivity index (χ3n) is 1.80. The van der Waals surface area contributed by atoms with Crippen molar-refractivity contribution in [1.82, 2.24) is 0 Å². The van der Waals surface area contributed by atoms with Crippen molar-refractivity contribution in [2.24, 2.45) is 13.5 Å². The fraction of sp³-hybridized carbons (Fsp3) is 0.714. The highest BCUT2D eigenvalue weighted by Crippen LogP contribution is 2.84. The van der Waals surface area contributed by atoms with Crippen molar-refractivity contribution in [3.05, 3.63) is 12.7 Å². The van der Waals surface area contributed by atoms with Crippen LogP contribution in [0.15, 0.2) is 26.2 Å². The molecular weight excluding hydrogens is 487 g/mol. The average molecular weight is 496 g/mol. The molecule has 25 heavy (non-hydrogen) atoms. The standard InChI is InChI=1S/C7H9Cl3F6N3O3P3/c1-2-3-20-23(8)17-24(9,21-4-6(11,12)13)19-25(10,18-23)22-5-7(14,15)16/h2H,1,3-5H2. The van der Waals surface area contributed by atoms with Crippen LogP contribution in [-0.4, -0.2) is 32.2 Å². The molecule has 3 atom stereocenters. The Balaban J connectivity index is 3.29. The minimum atomic E-state index is -4.81. The van der Waals surface area contributed by atoms with Crippen molar-refractivity contribution in [3.63, 3.8) is 0 Å². The molecule has 3 unspecified atom stereocenters. The highest BCUT2D eigenvalue weighted by atomic mass is 35.7. The van der Waals surface area contributed by atoms with Gasteiger partial charge >= 0.3 is 32.7 Å². The largest absolute Gasteiger partial charge is 0.412 e. The first-order valence-electron chi connectivity index (χ1n) is 5.78. The SMILES string of the molecule is C=CCOP1(Cl)=NP(Cl)(OCC(F)(F)F)=NP(Cl)(OCC(F)(F)F)=N1. The minimum Gasteiger partial charge on any atom is -0.312 e. The number of hydrogen-bond acceptors (Lipinski definition) is 6. The van der Waals surface area contributed by atoms with Crippen molar-refractivity contribution in [1.29, 1.82) is 0 Å². The second-order valence-electron chi connectivity index (χ2n) is 4.05. The van der Waals surface area contributed by atoms with Gasteiger partial charge in [-0.05, 0) is 33.7 Å². The maximum absolute atomic E-state index is 12.3. The molecule has 0 N–H and O–H groups in total. The van der Waals surface area contributed by atoms with Crippen LogP contribution in [0.25, 0.3) is 0 Å². The smallest absolute Gasteiger partial charge is 0.312 e. The molecule has 1 aliphatic rings. The number of nitrogens with zero attached hydrogens (tertiary/aromatic N) is 3. The van der Waals surface area contributed by atoms with Crippen LogP contribution >= 0.6 is 54.1 Å². The van der Waals surface area contributed by atoms with E-state index in [0.29, 0.717) is 0 Å². The van der Waals surface area contributed by atoms with Crippen LogP contribution in [0.1, 0.15) is 0 Å². The Hall–Kier alpha value is 0.760. The van der Waals surface area contributed by atoms with E-state index in [2.05, 4.69) is 29.2 Å². The molecule has 0 aromatic carbocycles. The average Bonchev–Trinajstić information content (AvgIpc) is 2.39. The highest BCUT2D eigenvalue weighted by molar-refractivity contribution is 8.05. The summed E-state index contributed by atoms with van der Waals surface area (Å²) in [6, 6.07) is 0. The highest BCUT2D eigenvalue weighted by Gasteiger charge is 2.41. The van der Waals surface area contributed by atoms with E-state index >= 15 is 0 Å². The molecule has 0 saturated heterocycles. The molecule has 0 saturated carbocycles. The lowest BCUT2D eigenvalue weighted by Crippen LogP contribution is -2.16. The molecule has 0 radical (unpaired) electrons. The van der Waals surface area contributed by atoms with Gasteiger partial charge in [0.25, 0.3) is 0 Å². The fourth-order valence-electron chi connectivity index (χ4n) is 1.07. The van der Waals surface area contributed by atoms with Crippen molar-refractivity contribution in [3.8, 4) is 0 Å². The van der Waals surface area contributed by atoms with E-state index in [1.807, 2.05) is 0 Å². The molecule has 0 fully saturated rings. The van der Waals surface area contributed by atoms with Crippen LogP contribution in [0, 0.1) is 0 Å². The summed E-state index contributed by atoms with van der Waals surface area (Å²) in [6.07, 6.45) is -8.43. The molecule has 0 aromatic rings. The van der Waals surface area contributed by atoms with E-state index < -0.39 is 45.9 Å². The van der Waals surface area contributed by atoms with Crippen LogP contribution in [-0.2, 0) is 13.6 Å². The molecule has 148 valence electrons. The Labute approximate surface area is 152 Å². The Morgan fingerprint density at radius 1 is 0.760 bits per heavy atom. The van der Waals surface area contributed by atoms with Gasteiger partial charge in [-0.1, -0.05) is 6.08 Å². The second kappa shape index (κ2) is 8.41. The predicted octanol–water partition coefficient (Wildman–Crippen LogP) is 7.92.